The zero-order valence-electron chi connectivity index (χ0n) is 14.4. The van der Waals surface area contributed by atoms with E-state index in [9.17, 15) is 0 Å². The summed E-state index contributed by atoms with van der Waals surface area (Å²) >= 11 is 0. The normalized spacial score (nSPS) is 30.6. The van der Waals surface area contributed by atoms with E-state index in [-0.39, 0.29) is 0 Å². The van der Waals surface area contributed by atoms with Crippen LogP contribution in [-0.4, -0.2) is 37.1 Å². The van der Waals surface area contributed by atoms with E-state index in [2.05, 4.69) is 34.5 Å². The zero-order chi connectivity index (χ0) is 15.3. The van der Waals surface area contributed by atoms with Gasteiger partial charge >= 0.3 is 0 Å². The molecule has 2 nitrogen and oxygen atoms in total. The molecular formula is C20H36N2. The second kappa shape index (κ2) is 11.9. The first-order chi connectivity index (χ1) is 11.0. The standard InChI is InChI=1S/C20H36N2/c1-2-4-7-11-15-20(14-10-6-3-1)22-18-13-9-5-8-12-16-21-17-19-22/h1,3,5,8,20-21H,2,4,6-7,9-19H2/b3-1-,8-5-. The summed E-state index contributed by atoms with van der Waals surface area (Å²) in [6.45, 7) is 4.82. The summed E-state index contributed by atoms with van der Waals surface area (Å²) < 4.78 is 0. The topological polar surface area (TPSA) is 15.3 Å². The number of allylic oxidation sites excluding steroid dienone is 3. The van der Waals surface area contributed by atoms with Crippen LogP contribution in [0.1, 0.15) is 70.6 Å². The van der Waals surface area contributed by atoms with Gasteiger partial charge in [0.15, 0.2) is 0 Å². The van der Waals surface area contributed by atoms with Crippen LogP contribution in [0.3, 0.4) is 0 Å². The predicted octanol–water partition coefficient (Wildman–Crippen LogP) is 4.68. The Bertz CT molecular complexity index is 290. The van der Waals surface area contributed by atoms with Crippen LogP contribution >= 0.6 is 0 Å². The fourth-order valence-corrected chi connectivity index (χ4v) is 3.69. The van der Waals surface area contributed by atoms with Gasteiger partial charge in [0.2, 0.25) is 0 Å². The monoisotopic (exact) mass is 304 g/mol. The lowest BCUT2D eigenvalue weighted by atomic mass is 10.0. The molecule has 1 heterocycles. The van der Waals surface area contributed by atoms with Crippen LogP contribution in [0.4, 0.5) is 0 Å². The Hall–Kier alpha value is -0.600. The fraction of sp³-hybridized carbons (Fsp3) is 0.800. The van der Waals surface area contributed by atoms with Gasteiger partial charge in [0.05, 0.1) is 0 Å². The summed E-state index contributed by atoms with van der Waals surface area (Å²) in [5, 5.41) is 3.61. The highest BCUT2D eigenvalue weighted by molar-refractivity contribution is 4.86. The molecule has 0 spiro atoms. The maximum Gasteiger partial charge on any atom is 0.0110 e. The first kappa shape index (κ1) is 17.7. The maximum atomic E-state index is 3.61. The molecule has 22 heavy (non-hydrogen) atoms. The Morgan fingerprint density at radius 2 is 1.36 bits per heavy atom. The third-order valence-corrected chi connectivity index (χ3v) is 5.05. The molecule has 0 saturated heterocycles. The number of hydrogen-bond acceptors (Lipinski definition) is 2. The van der Waals surface area contributed by atoms with Crippen molar-refractivity contribution in [2.24, 2.45) is 0 Å². The molecule has 2 aliphatic rings. The quantitative estimate of drug-likeness (QED) is 0.708. The largest absolute Gasteiger partial charge is 0.315 e. The summed E-state index contributed by atoms with van der Waals surface area (Å²) in [6.07, 6.45) is 24.3. The van der Waals surface area contributed by atoms with Crippen molar-refractivity contribution >= 4 is 0 Å². The molecular weight excluding hydrogens is 268 g/mol. The molecule has 0 aromatic carbocycles. The van der Waals surface area contributed by atoms with Gasteiger partial charge in [0.25, 0.3) is 0 Å². The van der Waals surface area contributed by atoms with Gasteiger partial charge in [-0.05, 0) is 70.9 Å². The van der Waals surface area contributed by atoms with Crippen LogP contribution in [0.25, 0.3) is 0 Å². The van der Waals surface area contributed by atoms with Crippen molar-refractivity contribution < 1.29 is 0 Å². The lowest BCUT2D eigenvalue weighted by Gasteiger charge is -2.32. The summed E-state index contributed by atoms with van der Waals surface area (Å²) in [6, 6.07) is 0.818. The molecule has 2 rings (SSSR count). The molecule has 1 atom stereocenters. The molecule has 0 fully saturated rings. The van der Waals surface area contributed by atoms with E-state index in [4.69, 9.17) is 0 Å². The van der Waals surface area contributed by atoms with Crippen LogP contribution in [0.2, 0.25) is 0 Å². The Morgan fingerprint density at radius 1 is 0.636 bits per heavy atom. The van der Waals surface area contributed by atoms with Gasteiger partial charge in [-0.2, -0.15) is 0 Å². The molecule has 0 aromatic heterocycles. The molecule has 0 saturated carbocycles. The molecule has 0 aromatic rings. The molecule has 1 aliphatic carbocycles. The Kier molecular flexibility index (Phi) is 9.60. The average Bonchev–Trinajstić information content (AvgIpc) is 2.64. The SMILES string of the molecule is C1=C\CCCC(N2CCC/C=C\CCNCC2)CCCCC/1. The van der Waals surface area contributed by atoms with Crippen LogP contribution < -0.4 is 5.32 Å². The summed E-state index contributed by atoms with van der Waals surface area (Å²) in [4.78, 5) is 2.80. The van der Waals surface area contributed by atoms with Crippen LogP contribution in [-0.2, 0) is 0 Å². The van der Waals surface area contributed by atoms with E-state index in [1.807, 2.05) is 0 Å². The van der Waals surface area contributed by atoms with Crippen molar-refractivity contribution in [3.8, 4) is 0 Å². The van der Waals surface area contributed by atoms with Crippen molar-refractivity contribution in [2.45, 2.75) is 76.7 Å². The third-order valence-electron chi connectivity index (χ3n) is 5.05. The first-order valence-corrected chi connectivity index (χ1v) is 9.71. The molecule has 1 N–H and O–H groups in total. The average molecular weight is 305 g/mol. The van der Waals surface area contributed by atoms with E-state index in [1.54, 1.807) is 0 Å². The van der Waals surface area contributed by atoms with Gasteiger partial charge in [0.1, 0.15) is 0 Å². The van der Waals surface area contributed by atoms with E-state index >= 15 is 0 Å². The minimum Gasteiger partial charge on any atom is -0.315 e. The van der Waals surface area contributed by atoms with Crippen molar-refractivity contribution in [1.29, 1.82) is 0 Å². The molecule has 0 bridgehead atoms. The summed E-state index contributed by atoms with van der Waals surface area (Å²) in [5.41, 5.74) is 0. The smallest absolute Gasteiger partial charge is 0.0110 e. The van der Waals surface area contributed by atoms with Crippen LogP contribution in [0.5, 0.6) is 0 Å². The molecule has 126 valence electrons. The molecule has 1 aliphatic heterocycles. The van der Waals surface area contributed by atoms with Crippen molar-refractivity contribution in [3.05, 3.63) is 24.3 Å². The van der Waals surface area contributed by atoms with Crippen LogP contribution in [0.15, 0.2) is 24.3 Å². The van der Waals surface area contributed by atoms with Gasteiger partial charge < -0.3 is 5.32 Å². The zero-order valence-corrected chi connectivity index (χ0v) is 14.4. The van der Waals surface area contributed by atoms with Gasteiger partial charge in [-0.25, -0.2) is 0 Å². The van der Waals surface area contributed by atoms with Gasteiger partial charge in [0, 0.05) is 19.1 Å². The van der Waals surface area contributed by atoms with E-state index < -0.39 is 0 Å². The highest BCUT2D eigenvalue weighted by Gasteiger charge is 2.17. The van der Waals surface area contributed by atoms with E-state index in [1.165, 1.54) is 83.7 Å². The summed E-state index contributed by atoms with van der Waals surface area (Å²) in [7, 11) is 0. The van der Waals surface area contributed by atoms with Crippen molar-refractivity contribution in [3.63, 3.8) is 0 Å². The maximum absolute atomic E-state index is 3.61. The van der Waals surface area contributed by atoms with Gasteiger partial charge in [-0.15, -0.1) is 0 Å². The van der Waals surface area contributed by atoms with E-state index in [0.717, 1.165) is 19.1 Å². The predicted molar refractivity (Wildman–Crippen MR) is 97.3 cm³/mol. The Morgan fingerprint density at radius 3 is 2.27 bits per heavy atom. The number of hydrogen-bond donors (Lipinski definition) is 1. The van der Waals surface area contributed by atoms with Crippen molar-refractivity contribution in [2.75, 3.05) is 26.2 Å². The first-order valence-electron chi connectivity index (χ1n) is 9.71. The molecule has 1 unspecified atom stereocenters. The third kappa shape index (κ3) is 7.60. The van der Waals surface area contributed by atoms with Gasteiger partial charge in [-0.3, -0.25) is 4.90 Å². The Balaban J connectivity index is 1.87. The lowest BCUT2D eigenvalue weighted by Crippen LogP contribution is -2.40. The minimum atomic E-state index is 0.818. The van der Waals surface area contributed by atoms with Gasteiger partial charge in [-0.1, -0.05) is 37.1 Å². The number of nitrogens with one attached hydrogen (secondary N) is 1. The highest BCUT2D eigenvalue weighted by atomic mass is 15.2. The molecule has 0 amide bonds. The second-order valence-electron chi connectivity index (χ2n) is 6.88. The molecule has 0 radical (unpaired) electrons. The summed E-state index contributed by atoms with van der Waals surface area (Å²) in [5.74, 6) is 0. The lowest BCUT2D eigenvalue weighted by molar-refractivity contribution is 0.171. The fourth-order valence-electron chi connectivity index (χ4n) is 3.69. The minimum absolute atomic E-state index is 0.818. The second-order valence-corrected chi connectivity index (χ2v) is 6.88. The highest BCUT2D eigenvalue weighted by Crippen LogP contribution is 2.19. The van der Waals surface area contributed by atoms with Crippen molar-refractivity contribution in [1.82, 2.24) is 10.2 Å². The Labute approximate surface area is 138 Å². The van der Waals surface area contributed by atoms with Crippen LogP contribution in [0, 0.1) is 0 Å². The molecule has 2 heteroatoms. The number of rotatable bonds is 1. The van der Waals surface area contributed by atoms with E-state index in [0.29, 0.717) is 0 Å². The number of nitrogens with zero attached hydrogens (tertiary/aromatic N) is 1.